The maximum Gasteiger partial charge on any atom is 0.325 e. The molecule has 2 N–H and O–H groups in total. The third kappa shape index (κ3) is 7.36. The predicted molar refractivity (Wildman–Crippen MR) is 149 cm³/mol. The molecule has 0 radical (unpaired) electrons. The van der Waals surface area contributed by atoms with E-state index >= 15 is 4.39 Å². The van der Waals surface area contributed by atoms with Gasteiger partial charge >= 0.3 is 5.97 Å². The summed E-state index contributed by atoms with van der Waals surface area (Å²) in [5.41, 5.74) is 3.35. The van der Waals surface area contributed by atoms with Gasteiger partial charge in [0, 0.05) is 37.9 Å². The Balaban J connectivity index is 1.14. The largest absolute Gasteiger partial charge is 0.480 e. The smallest absolute Gasteiger partial charge is 0.325 e. The zero-order chi connectivity index (χ0) is 27.9. The summed E-state index contributed by atoms with van der Waals surface area (Å²) in [6.45, 7) is 3.25. The molecule has 218 valence electrons. The van der Waals surface area contributed by atoms with Gasteiger partial charge in [-0.1, -0.05) is 18.6 Å². The van der Waals surface area contributed by atoms with Gasteiger partial charge in [-0.15, -0.1) is 0 Å². The first-order valence-corrected chi connectivity index (χ1v) is 14.8. The Labute approximate surface area is 235 Å². The molecule has 3 aliphatic heterocycles. The van der Waals surface area contributed by atoms with Crippen LogP contribution in [0.1, 0.15) is 73.4 Å². The van der Waals surface area contributed by atoms with Gasteiger partial charge in [0.15, 0.2) is 0 Å². The number of unbranched alkanes of at least 4 members (excludes halogenated alkanes) is 1. The molecule has 0 unspecified atom stereocenters. The van der Waals surface area contributed by atoms with Crippen LogP contribution in [0.15, 0.2) is 30.3 Å². The quantitative estimate of drug-likeness (QED) is 0.335. The van der Waals surface area contributed by atoms with Gasteiger partial charge in [-0.05, 0) is 92.8 Å². The summed E-state index contributed by atoms with van der Waals surface area (Å²) >= 11 is 0. The lowest BCUT2D eigenvalue weighted by Gasteiger charge is -2.28. The Morgan fingerprint density at radius 3 is 2.88 bits per heavy atom. The van der Waals surface area contributed by atoms with Crippen molar-refractivity contribution >= 4 is 11.8 Å². The maximum absolute atomic E-state index is 15.3. The number of ether oxygens (including phenoxy) is 2. The third-order valence-corrected chi connectivity index (χ3v) is 8.53. The van der Waals surface area contributed by atoms with Crippen molar-refractivity contribution in [1.82, 2.24) is 9.88 Å². The highest BCUT2D eigenvalue weighted by molar-refractivity contribution is 5.76. The lowest BCUT2D eigenvalue weighted by Crippen LogP contribution is -2.34. The van der Waals surface area contributed by atoms with E-state index in [1.165, 1.54) is 17.7 Å². The van der Waals surface area contributed by atoms with E-state index in [0.29, 0.717) is 50.3 Å². The molecule has 3 aliphatic rings. The zero-order valence-corrected chi connectivity index (χ0v) is 23.1. The highest BCUT2D eigenvalue weighted by Crippen LogP contribution is 2.34. The first kappa shape index (κ1) is 28.9. The average molecular weight is 558 g/mol. The fourth-order valence-corrected chi connectivity index (χ4v) is 6.22. The number of pyridine rings is 1. The first-order chi connectivity index (χ1) is 19.5. The van der Waals surface area contributed by atoms with Crippen LogP contribution in [-0.4, -0.2) is 66.1 Å². The molecule has 1 aromatic heterocycles. The van der Waals surface area contributed by atoms with Gasteiger partial charge < -0.3 is 19.9 Å². The number of anilines is 1. The fraction of sp³-hybridized carbons (Fsp3) is 0.613. The van der Waals surface area contributed by atoms with Crippen LogP contribution in [-0.2, 0) is 33.7 Å². The summed E-state index contributed by atoms with van der Waals surface area (Å²) in [4.78, 5) is 19.0. The molecule has 0 saturated carbocycles. The van der Waals surface area contributed by atoms with Crippen molar-refractivity contribution in [1.29, 1.82) is 0 Å². The number of aromatic nitrogens is 1. The van der Waals surface area contributed by atoms with Crippen LogP contribution in [0.5, 0.6) is 0 Å². The average Bonchev–Trinajstić information content (AvgIpc) is 3.45. The number of aryl methyl sites for hydroxylation is 2. The molecule has 1 aromatic carbocycles. The van der Waals surface area contributed by atoms with Gasteiger partial charge in [-0.2, -0.15) is 0 Å². The maximum atomic E-state index is 15.3. The van der Waals surface area contributed by atoms with Crippen LogP contribution in [0.3, 0.4) is 0 Å². The number of likely N-dealkylation sites (tertiary alicyclic amines) is 1. The summed E-state index contributed by atoms with van der Waals surface area (Å²) in [5.74, 6) is -0.786. The van der Waals surface area contributed by atoms with Gasteiger partial charge in [0.25, 0.3) is 0 Å². The normalized spacial score (nSPS) is 21.5. The molecule has 2 saturated heterocycles. The number of carbonyl (C=O) groups is 1. The van der Waals surface area contributed by atoms with Gasteiger partial charge in [0.05, 0.1) is 12.7 Å². The lowest BCUT2D eigenvalue weighted by atomic mass is 9.96. The molecule has 9 heteroatoms. The van der Waals surface area contributed by atoms with E-state index < -0.39 is 24.0 Å². The first-order valence-electron chi connectivity index (χ1n) is 14.8. The molecule has 5 rings (SSSR count). The summed E-state index contributed by atoms with van der Waals surface area (Å²) in [6.07, 6.45) is 6.27. The molecular formula is C31H41F2N3O4. The lowest BCUT2D eigenvalue weighted by molar-refractivity contribution is -0.143. The minimum Gasteiger partial charge on any atom is -0.480 e. The van der Waals surface area contributed by atoms with Crippen LogP contribution in [0.2, 0.25) is 0 Å². The van der Waals surface area contributed by atoms with Crippen LogP contribution >= 0.6 is 0 Å². The Morgan fingerprint density at radius 2 is 2.05 bits per heavy atom. The number of carboxylic acid groups (broad SMARTS) is 1. The molecule has 0 aliphatic carbocycles. The highest BCUT2D eigenvalue weighted by Gasteiger charge is 2.37. The molecule has 2 fully saturated rings. The molecule has 0 amide bonds. The third-order valence-electron chi connectivity index (χ3n) is 8.53. The minimum absolute atomic E-state index is 0.0399. The summed E-state index contributed by atoms with van der Waals surface area (Å²) in [7, 11) is 0. The molecule has 0 bridgehead atoms. The van der Waals surface area contributed by atoms with Crippen LogP contribution in [0.25, 0.3) is 0 Å². The van der Waals surface area contributed by atoms with Gasteiger partial charge in [-0.3, -0.25) is 9.69 Å². The van der Waals surface area contributed by atoms with Crippen molar-refractivity contribution in [3.8, 4) is 0 Å². The number of rotatable bonds is 12. The van der Waals surface area contributed by atoms with Crippen molar-refractivity contribution in [3.05, 3.63) is 58.5 Å². The second-order valence-corrected chi connectivity index (χ2v) is 11.4. The number of halogens is 2. The summed E-state index contributed by atoms with van der Waals surface area (Å²) < 4.78 is 41.0. The van der Waals surface area contributed by atoms with Crippen LogP contribution in [0, 0.1) is 11.7 Å². The number of aliphatic carboxylic acids is 1. The molecule has 40 heavy (non-hydrogen) atoms. The van der Waals surface area contributed by atoms with Crippen LogP contribution < -0.4 is 5.32 Å². The van der Waals surface area contributed by atoms with E-state index in [2.05, 4.69) is 17.4 Å². The Morgan fingerprint density at radius 1 is 1.20 bits per heavy atom. The highest BCUT2D eigenvalue weighted by atomic mass is 19.1. The predicted octanol–water partition coefficient (Wildman–Crippen LogP) is 5.47. The van der Waals surface area contributed by atoms with E-state index in [-0.39, 0.29) is 18.6 Å². The van der Waals surface area contributed by atoms with Gasteiger partial charge in [-0.25, -0.2) is 13.8 Å². The van der Waals surface area contributed by atoms with E-state index in [9.17, 15) is 14.3 Å². The molecule has 4 heterocycles. The zero-order valence-electron chi connectivity index (χ0n) is 23.1. The Hall–Kier alpha value is -2.62. The number of hydrogen-bond donors (Lipinski definition) is 2. The monoisotopic (exact) mass is 557 g/mol. The number of fused-ring (bicyclic) bond motifs is 1. The number of alkyl halides is 1. The van der Waals surface area contributed by atoms with E-state index in [0.717, 1.165) is 63.0 Å². The van der Waals surface area contributed by atoms with E-state index in [4.69, 9.17) is 14.5 Å². The van der Waals surface area contributed by atoms with Crippen LogP contribution in [0.4, 0.5) is 14.6 Å². The molecule has 0 spiro atoms. The number of carboxylic acids is 1. The van der Waals surface area contributed by atoms with Crippen molar-refractivity contribution in [2.45, 2.75) is 82.7 Å². The second-order valence-electron chi connectivity index (χ2n) is 11.4. The van der Waals surface area contributed by atoms with Crippen molar-refractivity contribution in [3.63, 3.8) is 0 Å². The van der Waals surface area contributed by atoms with Gasteiger partial charge in [0.2, 0.25) is 0 Å². The molecule has 7 nitrogen and oxygen atoms in total. The van der Waals surface area contributed by atoms with Gasteiger partial charge in [0.1, 0.15) is 23.8 Å². The molecule has 2 aromatic rings. The Kier molecular flexibility index (Phi) is 9.99. The topological polar surface area (TPSA) is 83.9 Å². The Bertz CT molecular complexity index is 1140. The molecular weight excluding hydrogens is 516 g/mol. The number of hydrogen-bond acceptors (Lipinski definition) is 6. The number of nitrogens with one attached hydrogen (secondary N) is 1. The summed E-state index contributed by atoms with van der Waals surface area (Å²) in [5, 5.41) is 13.5. The SMILES string of the molecule is O=C(O)[C@@H](c1cc(F)ccc1COC1CCOCC1)N1CC[C@@H]([C@H](F)CCCCc2ccc3c(n2)NCCC3)C1. The molecule has 3 atom stereocenters. The number of benzene rings is 1. The second kappa shape index (κ2) is 13.8. The van der Waals surface area contributed by atoms with Crippen molar-refractivity contribution < 1.29 is 28.2 Å². The van der Waals surface area contributed by atoms with E-state index in [1.807, 2.05) is 0 Å². The standard InChI is InChI=1S/C31H41F2N3O4/c32-24-9-7-23(20-40-26-12-16-39-17-13-26)27(18-24)29(31(37)38)36-15-11-22(19-36)28(33)6-2-1-5-25-10-8-21-4-3-14-34-30(21)35-25/h7-10,18,22,26,28-29H,1-6,11-17,19-20H2,(H,34,35)(H,37,38)/t22-,28-,29-/m1/s1. The van der Waals surface area contributed by atoms with Crippen molar-refractivity contribution in [2.75, 3.05) is 38.2 Å². The summed E-state index contributed by atoms with van der Waals surface area (Å²) in [6, 6.07) is 7.44. The van der Waals surface area contributed by atoms with E-state index in [1.54, 1.807) is 11.0 Å². The van der Waals surface area contributed by atoms with Crippen molar-refractivity contribution in [2.24, 2.45) is 5.92 Å². The minimum atomic E-state index is -1.05. The fourth-order valence-electron chi connectivity index (χ4n) is 6.22. The number of nitrogens with zero attached hydrogens (tertiary/aromatic N) is 2.